The smallest absolute Gasteiger partial charge is 0.288 e. The second-order valence-electron chi connectivity index (χ2n) is 3.47. The summed E-state index contributed by atoms with van der Waals surface area (Å²) in [5.41, 5.74) is 6.33. The maximum atomic E-state index is 11.8. The summed E-state index contributed by atoms with van der Waals surface area (Å²) in [7, 11) is 0. The van der Waals surface area contributed by atoms with Gasteiger partial charge in [0, 0.05) is 0 Å². The Morgan fingerprint density at radius 3 is 2.65 bits per heavy atom. The summed E-state index contributed by atoms with van der Waals surface area (Å²) >= 11 is 8.99. The minimum absolute atomic E-state index is 0.0113. The average molecular weight is 315 g/mol. The fourth-order valence-corrected chi connectivity index (χ4v) is 2.08. The van der Waals surface area contributed by atoms with Gasteiger partial charge in [-0.1, -0.05) is 41.9 Å². The van der Waals surface area contributed by atoms with Crippen LogP contribution in [0.3, 0.4) is 0 Å². The Kier molecular flexibility index (Phi) is 3.49. The molecule has 0 aliphatic carbocycles. The Labute approximate surface area is 111 Å². The molecule has 0 saturated heterocycles. The highest BCUT2D eigenvalue weighted by Gasteiger charge is 2.11. The lowest BCUT2D eigenvalue weighted by molar-refractivity contribution is 0.633. The molecule has 1 aromatic heterocycles. The van der Waals surface area contributed by atoms with Crippen molar-refractivity contribution in [1.82, 2.24) is 9.78 Å². The summed E-state index contributed by atoms with van der Waals surface area (Å²) < 4.78 is 1.65. The number of benzene rings is 1. The molecule has 2 aromatic rings. The van der Waals surface area contributed by atoms with Gasteiger partial charge in [-0.25, -0.2) is 4.68 Å². The van der Waals surface area contributed by atoms with Crippen LogP contribution in [-0.4, -0.2) is 9.78 Å². The molecule has 0 amide bonds. The minimum atomic E-state index is -0.392. The molecule has 0 saturated carbocycles. The van der Waals surface area contributed by atoms with E-state index in [0.29, 0.717) is 11.1 Å². The lowest BCUT2D eigenvalue weighted by Gasteiger charge is -2.07. The lowest BCUT2D eigenvalue weighted by atomic mass is 10.2. The first kappa shape index (κ1) is 12.1. The Balaban J connectivity index is 2.44. The first-order chi connectivity index (χ1) is 8.09. The van der Waals surface area contributed by atoms with Crippen molar-refractivity contribution in [3.63, 3.8) is 0 Å². The first-order valence-corrected chi connectivity index (χ1v) is 6.02. The molecule has 1 aromatic carbocycles. The van der Waals surface area contributed by atoms with Crippen molar-refractivity contribution >= 4 is 33.2 Å². The van der Waals surface area contributed by atoms with Crippen LogP contribution >= 0.6 is 27.5 Å². The number of halogens is 2. The van der Waals surface area contributed by atoms with E-state index in [1.165, 1.54) is 4.68 Å². The second-order valence-corrected chi connectivity index (χ2v) is 4.60. The van der Waals surface area contributed by atoms with Gasteiger partial charge in [-0.3, -0.25) is 4.79 Å². The van der Waals surface area contributed by atoms with Gasteiger partial charge < -0.3 is 5.73 Å². The summed E-state index contributed by atoms with van der Waals surface area (Å²) in [5.74, 6) is 0. The number of anilines is 1. The third-order valence-electron chi connectivity index (χ3n) is 2.26. The summed E-state index contributed by atoms with van der Waals surface area (Å²) in [5, 5.41) is 4.03. The van der Waals surface area contributed by atoms with Crippen LogP contribution in [-0.2, 0) is 6.54 Å². The Morgan fingerprint density at radius 2 is 2.00 bits per heavy atom. The Morgan fingerprint density at radius 1 is 1.35 bits per heavy atom. The quantitative estimate of drug-likeness (QED) is 0.925. The van der Waals surface area contributed by atoms with Crippen LogP contribution in [0.5, 0.6) is 0 Å². The highest BCUT2D eigenvalue weighted by Crippen LogP contribution is 2.21. The molecule has 0 unspecified atom stereocenters. The van der Waals surface area contributed by atoms with E-state index >= 15 is 0 Å². The molecule has 0 bridgehead atoms. The van der Waals surface area contributed by atoms with Gasteiger partial charge in [0.25, 0.3) is 5.56 Å². The summed E-state index contributed by atoms with van der Waals surface area (Å²) in [6.07, 6.45) is 0. The monoisotopic (exact) mass is 313 g/mol. The highest BCUT2D eigenvalue weighted by molar-refractivity contribution is 9.10. The number of hydrogen-bond acceptors (Lipinski definition) is 3. The summed E-state index contributed by atoms with van der Waals surface area (Å²) in [6, 6.07) is 9.52. The number of nitrogen functional groups attached to an aromatic ring is 1. The third-order valence-corrected chi connectivity index (χ3v) is 3.22. The molecule has 0 spiro atoms. The van der Waals surface area contributed by atoms with E-state index in [1.54, 1.807) is 0 Å². The van der Waals surface area contributed by atoms with Gasteiger partial charge in [-0.05, 0) is 21.5 Å². The van der Waals surface area contributed by atoms with Crippen LogP contribution in [0.25, 0.3) is 0 Å². The molecule has 1 heterocycles. The minimum Gasteiger partial charge on any atom is -0.395 e. The zero-order valence-electron chi connectivity index (χ0n) is 8.73. The maximum Gasteiger partial charge on any atom is 0.288 e. The third kappa shape index (κ3) is 2.50. The van der Waals surface area contributed by atoms with Crippen LogP contribution < -0.4 is 11.3 Å². The standard InChI is InChI=1S/C11H9BrClN3O/c12-10-9(14)8(13)11(17)16(15-10)6-7-4-2-1-3-5-7/h1-5H,6,14H2. The molecule has 0 radical (unpaired) electrons. The van der Waals surface area contributed by atoms with Gasteiger partial charge in [0.2, 0.25) is 0 Å². The van der Waals surface area contributed by atoms with Crippen molar-refractivity contribution in [2.75, 3.05) is 5.73 Å². The van der Waals surface area contributed by atoms with E-state index in [4.69, 9.17) is 17.3 Å². The molecule has 0 aliphatic rings. The maximum absolute atomic E-state index is 11.8. The van der Waals surface area contributed by atoms with Crippen molar-refractivity contribution in [3.05, 3.63) is 55.9 Å². The van der Waals surface area contributed by atoms with Crippen LogP contribution in [0, 0.1) is 0 Å². The van der Waals surface area contributed by atoms with Crippen LogP contribution in [0.2, 0.25) is 5.02 Å². The molecule has 0 aliphatic heterocycles. The number of rotatable bonds is 2. The fraction of sp³-hybridized carbons (Fsp3) is 0.0909. The van der Waals surface area contributed by atoms with Gasteiger partial charge in [0.1, 0.15) is 5.02 Å². The van der Waals surface area contributed by atoms with E-state index in [9.17, 15) is 4.79 Å². The molecule has 88 valence electrons. The van der Waals surface area contributed by atoms with Gasteiger partial charge in [0.05, 0.1) is 12.2 Å². The van der Waals surface area contributed by atoms with Crippen molar-refractivity contribution in [3.8, 4) is 0 Å². The van der Waals surface area contributed by atoms with E-state index < -0.39 is 5.56 Å². The predicted octanol–water partition coefficient (Wildman–Crippen LogP) is 2.29. The van der Waals surface area contributed by atoms with Crippen molar-refractivity contribution in [1.29, 1.82) is 0 Å². The molecule has 0 atom stereocenters. The lowest BCUT2D eigenvalue weighted by Crippen LogP contribution is -2.25. The molecule has 2 N–H and O–H groups in total. The van der Waals surface area contributed by atoms with Crippen LogP contribution in [0.15, 0.2) is 39.7 Å². The molecule has 4 nitrogen and oxygen atoms in total. The van der Waals surface area contributed by atoms with Crippen LogP contribution in [0.1, 0.15) is 5.56 Å². The van der Waals surface area contributed by atoms with Gasteiger partial charge in [-0.15, -0.1) is 0 Å². The summed E-state index contributed by atoms with van der Waals surface area (Å²) in [6.45, 7) is 0.359. The van der Waals surface area contributed by atoms with Gasteiger partial charge in [0.15, 0.2) is 4.60 Å². The number of hydrogen-bond donors (Lipinski definition) is 1. The number of nitrogens with two attached hydrogens (primary N) is 1. The average Bonchev–Trinajstić information content (AvgIpc) is 2.35. The first-order valence-electron chi connectivity index (χ1n) is 4.85. The summed E-state index contributed by atoms with van der Waals surface area (Å²) in [4.78, 5) is 11.8. The van der Waals surface area contributed by atoms with E-state index in [0.717, 1.165) is 5.56 Å². The number of aromatic nitrogens is 2. The second kappa shape index (κ2) is 4.89. The highest BCUT2D eigenvalue weighted by atomic mass is 79.9. The van der Waals surface area contributed by atoms with E-state index in [2.05, 4.69) is 21.0 Å². The van der Waals surface area contributed by atoms with E-state index in [-0.39, 0.29) is 10.7 Å². The molecule has 6 heteroatoms. The van der Waals surface area contributed by atoms with Crippen molar-refractivity contribution in [2.24, 2.45) is 0 Å². The molecule has 17 heavy (non-hydrogen) atoms. The number of nitrogens with zero attached hydrogens (tertiary/aromatic N) is 2. The van der Waals surface area contributed by atoms with Crippen molar-refractivity contribution in [2.45, 2.75) is 6.54 Å². The van der Waals surface area contributed by atoms with Gasteiger partial charge in [-0.2, -0.15) is 5.10 Å². The molecule has 2 rings (SSSR count). The normalized spacial score (nSPS) is 10.5. The Bertz CT molecular complexity index is 598. The van der Waals surface area contributed by atoms with Crippen molar-refractivity contribution < 1.29 is 0 Å². The largest absolute Gasteiger partial charge is 0.395 e. The SMILES string of the molecule is Nc1c(Br)nn(Cc2ccccc2)c(=O)c1Cl. The van der Waals surface area contributed by atoms with E-state index in [1.807, 2.05) is 30.3 Å². The zero-order chi connectivity index (χ0) is 12.4. The van der Waals surface area contributed by atoms with Gasteiger partial charge >= 0.3 is 0 Å². The predicted molar refractivity (Wildman–Crippen MR) is 71.2 cm³/mol. The molecular weight excluding hydrogens is 305 g/mol. The molecular formula is C11H9BrClN3O. The molecule has 0 fully saturated rings. The zero-order valence-corrected chi connectivity index (χ0v) is 11.1. The Hall–Kier alpha value is -1.33. The fourth-order valence-electron chi connectivity index (χ4n) is 1.39. The topological polar surface area (TPSA) is 60.9 Å². The van der Waals surface area contributed by atoms with Crippen LogP contribution in [0.4, 0.5) is 5.69 Å².